The number of nitrogens with zero attached hydrogens (tertiary/aromatic N) is 3. The summed E-state index contributed by atoms with van der Waals surface area (Å²) in [5, 5.41) is 2.74. The Hall–Kier alpha value is -3.24. The number of piperazine rings is 1. The highest BCUT2D eigenvalue weighted by Gasteiger charge is 2.29. The van der Waals surface area contributed by atoms with Gasteiger partial charge in [-0.3, -0.25) is 14.4 Å². The number of sulfonamides is 1. The van der Waals surface area contributed by atoms with E-state index < -0.39 is 10.0 Å². The van der Waals surface area contributed by atoms with E-state index in [4.69, 9.17) is 0 Å². The van der Waals surface area contributed by atoms with Gasteiger partial charge in [0.05, 0.1) is 4.90 Å². The van der Waals surface area contributed by atoms with E-state index in [1.165, 1.54) is 16.1 Å². The smallest absolute Gasteiger partial charge is 0.243 e. The lowest BCUT2D eigenvalue weighted by molar-refractivity contribution is -0.133. The van der Waals surface area contributed by atoms with Crippen LogP contribution in [0, 0.1) is 0 Å². The number of carbonyl (C=O) groups excluding carboxylic acids is 3. The zero-order valence-electron chi connectivity index (χ0n) is 18.7. The fourth-order valence-corrected chi connectivity index (χ4v) is 4.91. The van der Waals surface area contributed by atoms with Crippen molar-refractivity contribution in [3.8, 4) is 0 Å². The highest BCUT2D eigenvalue weighted by atomic mass is 32.2. The molecule has 1 saturated heterocycles. The van der Waals surface area contributed by atoms with Gasteiger partial charge in [0.25, 0.3) is 0 Å². The van der Waals surface area contributed by atoms with E-state index >= 15 is 0 Å². The molecule has 10 heteroatoms. The van der Waals surface area contributed by atoms with Gasteiger partial charge in [0.2, 0.25) is 27.7 Å². The standard InChI is InChI=1S/C23H28N4O5S/c1-18(28)25(2)20-10-8-19(9-11-20)24-22(29)12-13-23(30)26-14-16-27(17-15-26)33(31,32)21-6-4-3-5-7-21/h3-11H,12-17H2,1-2H3,(H,24,29). The molecule has 2 aromatic rings. The normalized spacial score (nSPS) is 14.5. The number of benzene rings is 2. The second-order valence-corrected chi connectivity index (χ2v) is 9.71. The van der Waals surface area contributed by atoms with Crippen molar-refractivity contribution in [1.82, 2.24) is 9.21 Å². The van der Waals surface area contributed by atoms with Gasteiger partial charge in [-0.15, -0.1) is 0 Å². The molecule has 1 N–H and O–H groups in total. The van der Waals surface area contributed by atoms with E-state index in [2.05, 4.69) is 5.32 Å². The maximum absolute atomic E-state index is 12.7. The summed E-state index contributed by atoms with van der Waals surface area (Å²) in [5.41, 5.74) is 1.29. The van der Waals surface area contributed by atoms with Crippen LogP contribution in [0.25, 0.3) is 0 Å². The fraction of sp³-hybridized carbons (Fsp3) is 0.348. The van der Waals surface area contributed by atoms with Gasteiger partial charge in [-0.25, -0.2) is 8.42 Å². The van der Waals surface area contributed by atoms with Gasteiger partial charge in [-0.1, -0.05) is 18.2 Å². The Morgan fingerprint density at radius 2 is 1.52 bits per heavy atom. The molecule has 3 amide bonds. The molecule has 9 nitrogen and oxygen atoms in total. The maximum Gasteiger partial charge on any atom is 0.243 e. The number of rotatable bonds is 7. The van der Waals surface area contributed by atoms with Gasteiger partial charge >= 0.3 is 0 Å². The van der Waals surface area contributed by atoms with Crippen LogP contribution in [-0.4, -0.2) is 68.6 Å². The van der Waals surface area contributed by atoms with Crippen LogP contribution < -0.4 is 10.2 Å². The number of amides is 3. The fourth-order valence-electron chi connectivity index (χ4n) is 3.47. The van der Waals surface area contributed by atoms with E-state index in [-0.39, 0.29) is 61.6 Å². The van der Waals surface area contributed by atoms with E-state index in [0.717, 1.165) is 0 Å². The van der Waals surface area contributed by atoms with Crippen LogP contribution in [0.3, 0.4) is 0 Å². The molecule has 1 heterocycles. The van der Waals surface area contributed by atoms with E-state index in [1.807, 2.05) is 0 Å². The summed E-state index contributed by atoms with van der Waals surface area (Å²) in [6.45, 7) is 2.48. The van der Waals surface area contributed by atoms with Crippen molar-refractivity contribution in [2.24, 2.45) is 0 Å². The number of nitrogens with one attached hydrogen (secondary N) is 1. The lowest BCUT2D eigenvalue weighted by atomic mass is 10.2. The Morgan fingerprint density at radius 1 is 0.909 bits per heavy atom. The lowest BCUT2D eigenvalue weighted by Crippen LogP contribution is -2.50. The SMILES string of the molecule is CC(=O)N(C)c1ccc(NC(=O)CCC(=O)N2CCN(S(=O)(=O)c3ccccc3)CC2)cc1. The Kier molecular flexibility index (Phi) is 7.83. The molecule has 0 atom stereocenters. The largest absolute Gasteiger partial charge is 0.340 e. The van der Waals surface area contributed by atoms with Crippen molar-refractivity contribution >= 4 is 39.1 Å². The van der Waals surface area contributed by atoms with E-state index in [9.17, 15) is 22.8 Å². The van der Waals surface area contributed by atoms with Crippen molar-refractivity contribution in [1.29, 1.82) is 0 Å². The zero-order valence-corrected chi connectivity index (χ0v) is 19.5. The Balaban J connectivity index is 1.45. The third-order valence-electron chi connectivity index (χ3n) is 5.55. The average molecular weight is 473 g/mol. The van der Waals surface area contributed by atoms with Crippen LogP contribution >= 0.6 is 0 Å². The van der Waals surface area contributed by atoms with Crippen LogP contribution in [0.4, 0.5) is 11.4 Å². The first-order valence-corrected chi connectivity index (χ1v) is 12.1. The summed E-state index contributed by atoms with van der Waals surface area (Å²) in [6.07, 6.45) is 0.0683. The lowest BCUT2D eigenvalue weighted by Gasteiger charge is -2.34. The molecule has 2 aromatic carbocycles. The second-order valence-electron chi connectivity index (χ2n) is 7.77. The van der Waals surface area contributed by atoms with Crippen LogP contribution in [0.5, 0.6) is 0 Å². The number of hydrogen-bond acceptors (Lipinski definition) is 5. The van der Waals surface area contributed by atoms with Gasteiger partial charge in [0.1, 0.15) is 0 Å². The minimum Gasteiger partial charge on any atom is -0.340 e. The molecule has 0 spiro atoms. The minimum atomic E-state index is -3.58. The second kappa shape index (κ2) is 10.6. The van der Waals surface area contributed by atoms with Crippen molar-refractivity contribution < 1.29 is 22.8 Å². The van der Waals surface area contributed by atoms with Gasteiger partial charge in [0.15, 0.2) is 0 Å². The molecule has 33 heavy (non-hydrogen) atoms. The average Bonchev–Trinajstić information content (AvgIpc) is 2.83. The van der Waals surface area contributed by atoms with Crippen LogP contribution in [-0.2, 0) is 24.4 Å². The maximum atomic E-state index is 12.7. The van der Waals surface area contributed by atoms with Crippen molar-refractivity contribution in [3.05, 3.63) is 54.6 Å². The molecule has 3 rings (SSSR count). The molecule has 0 unspecified atom stereocenters. The third-order valence-corrected chi connectivity index (χ3v) is 7.46. The first-order chi connectivity index (χ1) is 15.7. The van der Waals surface area contributed by atoms with Crippen molar-refractivity contribution in [2.75, 3.05) is 43.4 Å². The van der Waals surface area contributed by atoms with Gasteiger partial charge < -0.3 is 15.1 Å². The predicted molar refractivity (Wildman–Crippen MR) is 125 cm³/mol. The molecular formula is C23H28N4O5S. The molecule has 176 valence electrons. The highest BCUT2D eigenvalue weighted by molar-refractivity contribution is 7.89. The summed E-state index contributed by atoms with van der Waals surface area (Å²) in [5.74, 6) is -0.564. The van der Waals surface area contributed by atoms with Gasteiger partial charge in [-0.2, -0.15) is 4.31 Å². The Labute approximate surface area is 194 Å². The highest BCUT2D eigenvalue weighted by Crippen LogP contribution is 2.19. The van der Waals surface area contributed by atoms with Crippen LogP contribution in [0.15, 0.2) is 59.5 Å². The predicted octanol–water partition coefficient (Wildman–Crippen LogP) is 1.92. The molecule has 0 saturated carbocycles. The van der Waals surface area contributed by atoms with Crippen LogP contribution in [0.2, 0.25) is 0 Å². The van der Waals surface area contributed by atoms with Crippen LogP contribution in [0.1, 0.15) is 19.8 Å². The van der Waals surface area contributed by atoms with E-state index in [0.29, 0.717) is 11.4 Å². The topological polar surface area (TPSA) is 107 Å². The number of carbonyl (C=O) groups is 3. The summed E-state index contributed by atoms with van der Waals surface area (Å²) < 4.78 is 26.8. The molecule has 1 aliphatic heterocycles. The molecule has 1 aliphatic rings. The monoisotopic (exact) mass is 472 g/mol. The third kappa shape index (κ3) is 6.17. The zero-order chi connectivity index (χ0) is 24.0. The van der Waals surface area contributed by atoms with E-state index in [1.54, 1.807) is 66.5 Å². The molecule has 0 bridgehead atoms. The Morgan fingerprint density at radius 3 is 2.09 bits per heavy atom. The van der Waals surface area contributed by atoms with Gasteiger partial charge in [0, 0.05) is 64.4 Å². The number of hydrogen-bond donors (Lipinski definition) is 1. The molecule has 0 aliphatic carbocycles. The first kappa shape index (κ1) is 24.4. The van der Waals surface area contributed by atoms with Crippen molar-refractivity contribution in [2.45, 2.75) is 24.7 Å². The quantitative estimate of drug-likeness (QED) is 0.663. The summed E-state index contributed by atoms with van der Waals surface area (Å²) in [6, 6.07) is 15.1. The molecule has 0 radical (unpaired) electrons. The molecule has 1 fully saturated rings. The number of anilines is 2. The van der Waals surface area contributed by atoms with Gasteiger partial charge in [-0.05, 0) is 36.4 Å². The molecule has 0 aromatic heterocycles. The summed E-state index contributed by atoms with van der Waals surface area (Å²) in [7, 11) is -1.91. The summed E-state index contributed by atoms with van der Waals surface area (Å²) >= 11 is 0. The minimum absolute atomic E-state index is 0.0243. The van der Waals surface area contributed by atoms with Crippen molar-refractivity contribution in [3.63, 3.8) is 0 Å². The Bertz CT molecular complexity index is 1100. The summed E-state index contributed by atoms with van der Waals surface area (Å²) in [4.78, 5) is 39.5. The first-order valence-electron chi connectivity index (χ1n) is 10.7. The molecular weight excluding hydrogens is 444 g/mol.